The molecule has 2 aromatic rings. The van der Waals surface area contributed by atoms with Crippen LogP contribution in [0.15, 0.2) is 18.3 Å². The summed E-state index contributed by atoms with van der Waals surface area (Å²) in [4.78, 5) is 0. The van der Waals surface area contributed by atoms with E-state index < -0.39 is 29.1 Å². The van der Waals surface area contributed by atoms with E-state index in [-0.39, 0.29) is 27.7 Å². The molecule has 0 radical (unpaired) electrons. The van der Waals surface area contributed by atoms with Crippen LogP contribution < -0.4 is 0 Å². The van der Waals surface area contributed by atoms with Crippen LogP contribution in [0.25, 0.3) is 5.69 Å². The standard InChI is InChI=1S/C20H15Cl2F6NO/c1-2-18(30,20(26,27)28)13-10-29(16-7-5-3-4-6-12(13)16)17-14(21)8-11(9-15(17)22)19(23,24)25/h1,8-10,30H,3-7H2. The van der Waals surface area contributed by atoms with E-state index in [4.69, 9.17) is 29.6 Å². The van der Waals surface area contributed by atoms with E-state index in [1.54, 1.807) is 0 Å². The molecule has 0 aliphatic heterocycles. The number of halogens is 8. The monoisotopic (exact) mass is 469 g/mol. The van der Waals surface area contributed by atoms with Crippen molar-refractivity contribution in [3.05, 3.63) is 50.8 Å². The van der Waals surface area contributed by atoms with Crippen molar-refractivity contribution in [1.82, 2.24) is 4.57 Å². The van der Waals surface area contributed by atoms with E-state index in [0.29, 0.717) is 37.1 Å². The molecule has 1 aliphatic rings. The first-order valence-electron chi connectivity index (χ1n) is 8.88. The van der Waals surface area contributed by atoms with Gasteiger partial charge in [-0.05, 0) is 43.4 Å². The molecule has 1 aromatic heterocycles. The van der Waals surface area contributed by atoms with Crippen molar-refractivity contribution in [2.24, 2.45) is 0 Å². The summed E-state index contributed by atoms with van der Waals surface area (Å²) in [5, 5.41) is 9.56. The first-order valence-corrected chi connectivity index (χ1v) is 9.64. The van der Waals surface area contributed by atoms with Crippen LogP contribution in [0.3, 0.4) is 0 Å². The highest BCUT2D eigenvalue weighted by atomic mass is 35.5. The van der Waals surface area contributed by atoms with Gasteiger partial charge in [-0.2, -0.15) is 26.3 Å². The van der Waals surface area contributed by atoms with Crippen LogP contribution in [0.5, 0.6) is 0 Å². The first kappa shape index (κ1) is 22.9. The van der Waals surface area contributed by atoms with E-state index in [2.05, 4.69) is 0 Å². The molecule has 0 bridgehead atoms. The van der Waals surface area contributed by atoms with Gasteiger partial charge in [0.15, 0.2) is 0 Å². The summed E-state index contributed by atoms with van der Waals surface area (Å²) in [6.07, 6.45) is -1.37. The third-order valence-electron chi connectivity index (χ3n) is 5.16. The second-order valence-corrected chi connectivity index (χ2v) is 7.85. The maximum absolute atomic E-state index is 13.6. The van der Waals surface area contributed by atoms with Gasteiger partial charge >= 0.3 is 12.4 Å². The van der Waals surface area contributed by atoms with Crippen LogP contribution in [0.4, 0.5) is 26.3 Å². The Balaban J connectivity index is 2.31. The number of nitrogens with zero attached hydrogens (tertiary/aromatic N) is 1. The Hall–Kier alpha value is -1.82. The summed E-state index contributed by atoms with van der Waals surface area (Å²) in [6.45, 7) is 0. The molecular weight excluding hydrogens is 455 g/mol. The lowest BCUT2D eigenvalue weighted by molar-refractivity contribution is -0.241. The molecule has 1 atom stereocenters. The van der Waals surface area contributed by atoms with Crippen LogP contribution >= 0.6 is 23.2 Å². The Kier molecular flexibility index (Phi) is 5.87. The number of alkyl halides is 6. The lowest BCUT2D eigenvalue weighted by atomic mass is 9.90. The van der Waals surface area contributed by atoms with Crippen LogP contribution in [-0.4, -0.2) is 15.8 Å². The molecule has 2 nitrogen and oxygen atoms in total. The number of aliphatic hydroxyl groups is 1. The number of fused-ring (bicyclic) bond motifs is 1. The summed E-state index contributed by atoms with van der Waals surface area (Å²) in [5.41, 5.74) is -4.70. The summed E-state index contributed by atoms with van der Waals surface area (Å²) < 4.78 is 81.3. The lowest BCUT2D eigenvalue weighted by Gasteiger charge is -2.25. The van der Waals surface area contributed by atoms with Gasteiger partial charge in [0, 0.05) is 17.5 Å². The molecule has 0 saturated carbocycles. The number of benzene rings is 1. The third-order valence-corrected chi connectivity index (χ3v) is 5.73. The van der Waals surface area contributed by atoms with Gasteiger partial charge in [0.1, 0.15) is 0 Å². The largest absolute Gasteiger partial charge is 0.433 e. The molecular formula is C20H15Cl2F6NO. The number of rotatable bonds is 2. The Bertz CT molecular complexity index is 995. The van der Waals surface area contributed by atoms with Crippen molar-refractivity contribution < 1.29 is 31.4 Å². The van der Waals surface area contributed by atoms with Crippen LogP contribution in [0, 0.1) is 12.3 Å². The quantitative estimate of drug-likeness (QED) is 0.305. The molecule has 0 amide bonds. The summed E-state index contributed by atoms with van der Waals surface area (Å²) in [6, 6.07) is 1.31. The normalized spacial score (nSPS) is 17.1. The number of terminal acetylenes is 1. The van der Waals surface area contributed by atoms with E-state index in [1.165, 1.54) is 10.5 Å². The van der Waals surface area contributed by atoms with Gasteiger partial charge in [0.25, 0.3) is 0 Å². The van der Waals surface area contributed by atoms with E-state index in [0.717, 1.165) is 12.6 Å². The van der Waals surface area contributed by atoms with Gasteiger partial charge < -0.3 is 9.67 Å². The van der Waals surface area contributed by atoms with Gasteiger partial charge in [-0.15, -0.1) is 6.42 Å². The first-order chi connectivity index (χ1) is 13.8. The van der Waals surface area contributed by atoms with Crippen LogP contribution in [0.2, 0.25) is 10.0 Å². The minimum Gasteiger partial charge on any atom is -0.366 e. The average Bonchev–Trinajstić information content (AvgIpc) is 2.81. The fourth-order valence-corrected chi connectivity index (χ4v) is 4.36. The Labute approximate surface area is 178 Å². The molecule has 3 rings (SSSR count). The van der Waals surface area contributed by atoms with Gasteiger partial charge in [0.05, 0.1) is 21.3 Å². The second kappa shape index (κ2) is 7.70. The highest BCUT2D eigenvalue weighted by Gasteiger charge is 2.56. The molecule has 1 aliphatic carbocycles. The number of aromatic nitrogens is 1. The maximum atomic E-state index is 13.6. The SMILES string of the molecule is C#CC(O)(c1cn(-c2c(Cl)cc(C(F)(F)F)cc2Cl)c2c1CCCCC2)C(F)(F)F. The van der Waals surface area contributed by atoms with Crippen molar-refractivity contribution in [3.8, 4) is 18.0 Å². The van der Waals surface area contributed by atoms with Crippen molar-refractivity contribution >= 4 is 23.2 Å². The van der Waals surface area contributed by atoms with Gasteiger partial charge in [-0.3, -0.25) is 0 Å². The predicted molar refractivity (Wildman–Crippen MR) is 101 cm³/mol. The molecule has 10 heteroatoms. The van der Waals surface area contributed by atoms with E-state index in [1.807, 2.05) is 0 Å². The number of hydrogen-bond donors (Lipinski definition) is 1. The fourth-order valence-electron chi connectivity index (χ4n) is 3.69. The zero-order valence-corrected chi connectivity index (χ0v) is 16.8. The predicted octanol–water partition coefficient (Wildman–Crippen LogP) is 6.45. The lowest BCUT2D eigenvalue weighted by Crippen LogP contribution is -2.41. The fraction of sp³-hybridized carbons (Fsp3) is 0.400. The Morgan fingerprint density at radius 1 is 0.967 bits per heavy atom. The summed E-state index contributed by atoms with van der Waals surface area (Å²) in [7, 11) is 0. The second-order valence-electron chi connectivity index (χ2n) is 7.04. The van der Waals surface area contributed by atoms with E-state index >= 15 is 0 Å². The summed E-state index contributed by atoms with van der Waals surface area (Å²) >= 11 is 12.2. The minimum atomic E-state index is -5.16. The number of hydrogen-bond acceptors (Lipinski definition) is 1. The molecule has 1 heterocycles. The highest BCUT2D eigenvalue weighted by molar-refractivity contribution is 6.37. The molecule has 30 heavy (non-hydrogen) atoms. The third kappa shape index (κ3) is 3.79. The van der Waals surface area contributed by atoms with Gasteiger partial charge in [-0.1, -0.05) is 35.5 Å². The molecule has 1 aromatic carbocycles. The zero-order chi connectivity index (χ0) is 22.5. The summed E-state index contributed by atoms with van der Waals surface area (Å²) in [5.74, 6) is 1.43. The topological polar surface area (TPSA) is 25.2 Å². The van der Waals surface area contributed by atoms with Crippen molar-refractivity contribution in [1.29, 1.82) is 0 Å². The molecule has 162 valence electrons. The van der Waals surface area contributed by atoms with Crippen molar-refractivity contribution in [2.75, 3.05) is 0 Å². The highest BCUT2D eigenvalue weighted by Crippen LogP contribution is 2.45. The smallest absolute Gasteiger partial charge is 0.366 e. The zero-order valence-electron chi connectivity index (χ0n) is 15.3. The van der Waals surface area contributed by atoms with E-state index in [9.17, 15) is 31.4 Å². The van der Waals surface area contributed by atoms with Gasteiger partial charge in [-0.25, -0.2) is 0 Å². The Morgan fingerprint density at radius 3 is 2.03 bits per heavy atom. The molecule has 0 saturated heterocycles. The van der Waals surface area contributed by atoms with Crippen molar-refractivity contribution in [2.45, 2.75) is 50.1 Å². The van der Waals surface area contributed by atoms with Crippen LogP contribution in [0.1, 0.15) is 41.6 Å². The minimum absolute atomic E-state index is 0.0997. The van der Waals surface area contributed by atoms with Crippen LogP contribution in [-0.2, 0) is 24.6 Å². The van der Waals surface area contributed by atoms with Crippen molar-refractivity contribution in [3.63, 3.8) is 0 Å². The van der Waals surface area contributed by atoms with Gasteiger partial charge in [0.2, 0.25) is 5.60 Å². The molecule has 0 fully saturated rings. The molecule has 0 spiro atoms. The molecule has 1 unspecified atom stereocenters. The molecule has 1 N–H and O–H groups in total. The maximum Gasteiger partial charge on any atom is 0.433 e. The Morgan fingerprint density at radius 2 is 1.53 bits per heavy atom. The average molecular weight is 470 g/mol.